The molecular weight excluding hydrogens is 398 g/mol. The monoisotopic (exact) mass is 426 g/mol. The van der Waals surface area contributed by atoms with Gasteiger partial charge in [0.1, 0.15) is 6.20 Å². The Morgan fingerprint density at radius 2 is 1.97 bits per heavy atom. The quantitative estimate of drug-likeness (QED) is 0.736. The number of piperazine rings is 1. The van der Waals surface area contributed by atoms with E-state index in [-0.39, 0.29) is 6.04 Å². The van der Waals surface area contributed by atoms with E-state index in [0.717, 1.165) is 52.8 Å². The van der Waals surface area contributed by atoms with Crippen LogP contribution in [0, 0.1) is 0 Å². The zero-order chi connectivity index (χ0) is 21.9. The zero-order valence-corrected chi connectivity index (χ0v) is 18.4. The summed E-state index contributed by atoms with van der Waals surface area (Å²) < 4.78 is 0.532. The van der Waals surface area contributed by atoms with E-state index in [1.54, 1.807) is 0 Å². The van der Waals surface area contributed by atoms with Crippen LogP contribution in [0.1, 0.15) is 37.4 Å². The largest absolute Gasteiger partial charge is 0.324 e. The second kappa shape index (κ2) is 7.28. The molecule has 0 radical (unpaired) electrons. The van der Waals surface area contributed by atoms with Crippen LogP contribution in [0.4, 0.5) is 0 Å². The van der Waals surface area contributed by atoms with Crippen molar-refractivity contribution in [1.82, 2.24) is 15.3 Å². The van der Waals surface area contributed by atoms with Crippen molar-refractivity contribution in [3.05, 3.63) is 72.2 Å². The minimum Gasteiger partial charge on any atom is -0.324 e. The molecule has 0 aliphatic carbocycles. The molecule has 0 amide bonds. The van der Waals surface area contributed by atoms with Crippen LogP contribution in [-0.4, -0.2) is 51.4 Å². The molecule has 5 heterocycles. The summed E-state index contributed by atoms with van der Waals surface area (Å²) in [6, 6.07) is 13.5. The van der Waals surface area contributed by atoms with Gasteiger partial charge in [0.05, 0.1) is 30.2 Å². The van der Waals surface area contributed by atoms with Gasteiger partial charge in [-0.15, -0.1) is 9.60 Å². The third-order valence-corrected chi connectivity index (χ3v) is 7.10. The first-order valence-corrected chi connectivity index (χ1v) is 11.3. The summed E-state index contributed by atoms with van der Waals surface area (Å²) in [5, 5.41) is 6.12. The van der Waals surface area contributed by atoms with Crippen LogP contribution in [-0.2, 0) is 0 Å². The van der Waals surface area contributed by atoms with Crippen LogP contribution < -0.4 is 11.1 Å². The fourth-order valence-corrected chi connectivity index (χ4v) is 5.33. The van der Waals surface area contributed by atoms with Crippen molar-refractivity contribution in [3.63, 3.8) is 0 Å². The molecule has 2 fully saturated rings. The lowest BCUT2D eigenvalue weighted by molar-refractivity contribution is -0.833. The Morgan fingerprint density at radius 3 is 2.62 bits per heavy atom. The van der Waals surface area contributed by atoms with Gasteiger partial charge >= 0.3 is 0 Å². The molecule has 0 spiro atoms. The molecule has 2 saturated heterocycles. The summed E-state index contributed by atoms with van der Waals surface area (Å²) in [5.74, 6) is 2.04. The van der Waals surface area contributed by atoms with Gasteiger partial charge in [0, 0.05) is 49.0 Å². The minimum atomic E-state index is 0.0317. The summed E-state index contributed by atoms with van der Waals surface area (Å²) in [7, 11) is 0. The molecule has 4 aliphatic heterocycles. The van der Waals surface area contributed by atoms with Crippen molar-refractivity contribution in [2.45, 2.75) is 38.4 Å². The predicted octanol–water partition coefficient (Wildman–Crippen LogP) is 3.20. The molecule has 1 aromatic heterocycles. The van der Waals surface area contributed by atoms with Gasteiger partial charge in [0.15, 0.2) is 0 Å². The molecule has 2 bridgehead atoms. The topological polar surface area (TPSA) is 78.9 Å². The minimum absolute atomic E-state index is 0.0317. The van der Waals surface area contributed by atoms with Crippen LogP contribution >= 0.6 is 0 Å². The Morgan fingerprint density at radius 1 is 1.16 bits per heavy atom. The smallest absolute Gasteiger partial charge is 0.260 e. The summed E-state index contributed by atoms with van der Waals surface area (Å²) in [6.07, 6.45) is 9.29. The molecule has 0 saturated carbocycles. The average Bonchev–Trinajstić information content (AvgIpc) is 3.55. The molecule has 4 atom stereocenters. The maximum atomic E-state index is 5.96. The maximum absolute atomic E-state index is 5.96. The number of pyridine rings is 1. The summed E-state index contributed by atoms with van der Waals surface area (Å²) in [4.78, 5) is 14.5. The van der Waals surface area contributed by atoms with Crippen molar-refractivity contribution < 1.29 is 4.59 Å². The highest BCUT2D eigenvalue weighted by atomic mass is 15.8. The normalized spacial score (nSPS) is 29.5. The average molecular weight is 427 g/mol. The van der Waals surface area contributed by atoms with Crippen molar-refractivity contribution in [3.8, 4) is 11.3 Å². The third kappa shape index (κ3) is 2.93. The number of benzene rings is 1. The highest BCUT2D eigenvalue weighted by Crippen LogP contribution is 2.37. The van der Waals surface area contributed by atoms with Crippen LogP contribution in [0.2, 0.25) is 0 Å². The predicted molar refractivity (Wildman–Crippen MR) is 127 cm³/mol. The van der Waals surface area contributed by atoms with Crippen LogP contribution in [0.15, 0.2) is 71.1 Å². The lowest BCUT2D eigenvalue weighted by Gasteiger charge is -2.42. The molecule has 4 aliphatic rings. The SMILES string of the molecule is CC1=NC(c2ccc(-c3ccc(C(C)N)cc3)nc2)=CC2=NC=C[N@+]12N1C[C@@H]2C[C@H]1CN2. The van der Waals surface area contributed by atoms with Gasteiger partial charge in [-0.25, -0.2) is 0 Å². The van der Waals surface area contributed by atoms with Crippen molar-refractivity contribution >= 4 is 17.4 Å². The molecule has 162 valence electrons. The summed E-state index contributed by atoms with van der Waals surface area (Å²) in [5.41, 5.74) is 11.0. The number of rotatable bonds is 4. The molecule has 6 rings (SSSR count). The highest BCUT2D eigenvalue weighted by molar-refractivity contribution is 6.06. The Labute approximate surface area is 188 Å². The molecule has 7 nitrogen and oxygen atoms in total. The van der Waals surface area contributed by atoms with Crippen molar-refractivity contribution in [1.29, 1.82) is 0 Å². The zero-order valence-electron chi connectivity index (χ0n) is 18.4. The number of quaternary nitrogens is 1. The van der Waals surface area contributed by atoms with Gasteiger partial charge in [-0.1, -0.05) is 24.3 Å². The second-order valence-corrected chi connectivity index (χ2v) is 9.12. The van der Waals surface area contributed by atoms with Gasteiger partial charge in [-0.05, 0) is 31.0 Å². The van der Waals surface area contributed by atoms with Gasteiger partial charge in [-0.3, -0.25) is 4.98 Å². The van der Waals surface area contributed by atoms with Crippen molar-refractivity contribution in [2.75, 3.05) is 13.1 Å². The highest BCUT2D eigenvalue weighted by Gasteiger charge is 2.55. The van der Waals surface area contributed by atoms with Crippen LogP contribution in [0.5, 0.6) is 0 Å². The van der Waals surface area contributed by atoms with Crippen molar-refractivity contribution in [2.24, 2.45) is 15.7 Å². The number of amidine groups is 2. The third-order valence-electron chi connectivity index (χ3n) is 7.10. The van der Waals surface area contributed by atoms with E-state index in [0.29, 0.717) is 16.7 Å². The first-order valence-electron chi connectivity index (χ1n) is 11.3. The number of hydrogen-bond donors (Lipinski definition) is 2. The number of hydrogen-bond acceptors (Lipinski definition) is 6. The van der Waals surface area contributed by atoms with E-state index >= 15 is 0 Å². The second-order valence-electron chi connectivity index (χ2n) is 9.12. The maximum Gasteiger partial charge on any atom is 0.260 e. The summed E-state index contributed by atoms with van der Waals surface area (Å²) in [6.45, 7) is 6.15. The standard InChI is InChI=1S/C25H28N7/c1-16(26)18-3-5-19(6-4-18)23-8-7-20(13-29-23)24-12-25-27-9-10-32(25,17(2)30-24)31-15-21-11-22(31)14-28-21/h3-10,12-13,16,21-22,28H,11,14-15,26H2,1-2H3/q+1/t16?,21-,22-,32-/m0/s1. The van der Waals surface area contributed by atoms with E-state index in [1.807, 2.05) is 19.3 Å². The first kappa shape index (κ1) is 19.7. The number of fused-ring (bicyclic) bond motifs is 3. The van der Waals surface area contributed by atoms with Crippen LogP contribution in [0.25, 0.3) is 17.0 Å². The lowest BCUT2D eigenvalue weighted by atomic mass is 10.0. The Balaban J connectivity index is 1.28. The lowest BCUT2D eigenvalue weighted by Crippen LogP contribution is -2.66. The molecule has 1 aromatic carbocycles. The van der Waals surface area contributed by atoms with E-state index in [1.165, 1.54) is 6.42 Å². The Bertz CT molecular complexity index is 1170. The van der Waals surface area contributed by atoms with E-state index in [9.17, 15) is 0 Å². The fourth-order valence-electron chi connectivity index (χ4n) is 5.33. The molecular formula is C25H28N7+. The molecule has 7 heteroatoms. The number of aromatic nitrogens is 1. The van der Waals surface area contributed by atoms with Gasteiger partial charge in [0.2, 0.25) is 5.84 Å². The Hall–Kier alpha value is -2.97. The van der Waals surface area contributed by atoms with Gasteiger partial charge in [-0.2, -0.15) is 9.98 Å². The molecule has 2 aromatic rings. The molecule has 1 unspecified atom stereocenters. The fraction of sp³-hybridized carbons (Fsp3) is 0.320. The Kier molecular flexibility index (Phi) is 4.48. The molecule has 32 heavy (non-hydrogen) atoms. The van der Waals surface area contributed by atoms with Crippen LogP contribution in [0.3, 0.4) is 0 Å². The van der Waals surface area contributed by atoms with E-state index in [2.05, 4.69) is 65.9 Å². The van der Waals surface area contributed by atoms with E-state index in [4.69, 9.17) is 20.7 Å². The number of nitrogens with one attached hydrogen (secondary N) is 1. The number of nitrogens with two attached hydrogens (primary N) is 1. The first-order chi connectivity index (χ1) is 15.5. The molecule has 3 N–H and O–H groups in total. The number of aliphatic imine (C=N–C) groups is 2. The number of nitrogens with zero attached hydrogens (tertiary/aromatic N) is 5. The van der Waals surface area contributed by atoms with Gasteiger partial charge < -0.3 is 11.1 Å². The van der Waals surface area contributed by atoms with E-state index < -0.39 is 0 Å². The van der Waals surface area contributed by atoms with Gasteiger partial charge in [0.25, 0.3) is 5.84 Å². The summed E-state index contributed by atoms with van der Waals surface area (Å²) >= 11 is 0.